The van der Waals surface area contributed by atoms with Gasteiger partial charge >= 0.3 is 18.0 Å². The van der Waals surface area contributed by atoms with Crippen molar-refractivity contribution in [3.63, 3.8) is 0 Å². The summed E-state index contributed by atoms with van der Waals surface area (Å²) in [6.07, 6.45) is 4.34. The first kappa shape index (κ1) is 22.6. The number of likely N-dealkylation sites (tertiary alicyclic amines) is 1. The van der Waals surface area contributed by atoms with Crippen LogP contribution in [0.4, 0.5) is 10.5 Å². The first-order valence-corrected chi connectivity index (χ1v) is 10.7. The van der Waals surface area contributed by atoms with Crippen LogP contribution in [0.25, 0.3) is 0 Å². The molecule has 0 bridgehead atoms. The van der Waals surface area contributed by atoms with Crippen LogP contribution in [-0.2, 0) is 14.4 Å². The number of anilines is 1. The highest BCUT2D eigenvalue weighted by molar-refractivity contribution is 5.94. The van der Waals surface area contributed by atoms with Gasteiger partial charge in [-0.2, -0.15) is 0 Å². The lowest BCUT2D eigenvalue weighted by Gasteiger charge is -2.37. The van der Waals surface area contributed by atoms with Gasteiger partial charge in [0.25, 0.3) is 0 Å². The third-order valence-corrected chi connectivity index (χ3v) is 6.25. The molecular weight excluding hydrogens is 402 g/mol. The van der Waals surface area contributed by atoms with Gasteiger partial charge in [-0.3, -0.25) is 9.59 Å². The second-order valence-corrected chi connectivity index (χ2v) is 8.40. The van der Waals surface area contributed by atoms with Crippen molar-refractivity contribution in [2.75, 3.05) is 11.9 Å². The van der Waals surface area contributed by atoms with Gasteiger partial charge in [0.1, 0.15) is 6.04 Å². The van der Waals surface area contributed by atoms with Gasteiger partial charge in [0, 0.05) is 11.7 Å². The first-order valence-electron chi connectivity index (χ1n) is 10.7. The van der Waals surface area contributed by atoms with E-state index in [1.165, 1.54) is 4.90 Å². The topological polar surface area (TPSA) is 136 Å². The van der Waals surface area contributed by atoms with Gasteiger partial charge in [-0.1, -0.05) is 31.4 Å². The normalized spacial score (nSPS) is 23.9. The number of carbonyl (C=O) groups is 4. The SMILES string of the molecule is Cc1cccc(NC(=O)NCC(=O)N2C(C(=O)O)CC(C(=O)O)C2C2CCCCC2)c1. The number of benzene rings is 1. The smallest absolute Gasteiger partial charge is 0.326 e. The van der Waals surface area contributed by atoms with Gasteiger partial charge < -0.3 is 25.7 Å². The number of aryl methyl sites for hydroxylation is 1. The molecule has 9 nitrogen and oxygen atoms in total. The Morgan fingerprint density at radius 3 is 2.39 bits per heavy atom. The Bertz CT molecular complexity index is 851. The van der Waals surface area contributed by atoms with E-state index in [9.17, 15) is 29.4 Å². The summed E-state index contributed by atoms with van der Waals surface area (Å²) in [6, 6.07) is 4.70. The summed E-state index contributed by atoms with van der Waals surface area (Å²) in [5.74, 6) is -3.85. The average molecular weight is 431 g/mol. The van der Waals surface area contributed by atoms with Gasteiger partial charge in [-0.25, -0.2) is 9.59 Å². The molecule has 0 spiro atoms. The van der Waals surface area contributed by atoms with Crippen molar-refractivity contribution in [3.8, 4) is 0 Å². The second-order valence-electron chi connectivity index (χ2n) is 8.40. The number of aliphatic carboxylic acids is 2. The summed E-state index contributed by atoms with van der Waals surface area (Å²) in [5, 5.41) is 24.5. The molecule has 2 fully saturated rings. The minimum atomic E-state index is -1.22. The van der Waals surface area contributed by atoms with Gasteiger partial charge in [0.15, 0.2) is 0 Å². The number of rotatable bonds is 6. The van der Waals surface area contributed by atoms with E-state index in [2.05, 4.69) is 10.6 Å². The van der Waals surface area contributed by atoms with E-state index in [1.807, 2.05) is 13.0 Å². The molecule has 2 aliphatic rings. The average Bonchev–Trinajstić information content (AvgIpc) is 3.14. The molecule has 0 radical (unpaired) electrons. The van der Waals surface area contributed by atoms with E-state index < -0.39 is 48.4 Å². The number of hydrogen-bond acceptors (Lipinski definition) is 4. The lowest BCUT2D eigenvalue weighted by atomic mass is 9.79. The van der Waals surface area contributed by atoms with E-state index >= 15 is 0 Å². The molecule has 4 N–H and O–H groups in total. The number of amides is 3. The Kier molecular flexibility index (Phi) is 7.14. The molecule has 1 aromatic carbocycles. The maximum absolute atomic E-state index is 13.0. The van der Waals surface area contributed by atoms with Crippen molar-refractivity contribution < 1.29 is 29.4 Å². The number of urea groups is 1. The van der Waals surface area contributed by atoms with Crippen LogP contribution >= 0.6 is 0 Å². The third-order valence-electron chi connectivity index (χ3n) is 6.25. The van der Waals surface area contributed by atoms with Crippen LogP contribution in [0.5, 0.6) is 0 Å². The summed E-state index contributed by atoms with van der Waals surface area (Å²) in [5.41, 5.74) is 1.53. The minimum absolute atomic E-state index is 0.0516. The Morgan fingerprint density at radius 2 is 1.77 bits per heavy atom. The maximum Gasteiger partial charge on any atom is 0.326 e. The fourth-order valence-electron chi connectivity index (χ4n) is 4.88. The zero-order valence-electron chi connectivity index (χ0n) is 17.5. The molecule has 3 atom stereocenters. The molecule has 168 valence electrons. The lowest BCUT2D eigenvalue weighted by molar-refractivity contribution is -0.151. The number of nitrogens with zero attached hydrogens (tertiary/aromatic N) is 1. The van der Waals surface area contributed by atoms with Gasteiger partial charge in [-0.15, -0.1) is 0 Å². The first-order chi connectivity index (χ1) is 14.8. The summed E-state index contributed by atoms with van der Waals surface area (Å²) >= 11 is 0. The Hall–Kier alpha value is -3.10. The molecule has 1 heterocycles. The summed E-state index contributed by atoms with van der Waals surface area (Å²) in [7, 11) is 0. The van der Waals surface area contributed by atoms with Crippen molar-refractivity contribution in [3.05, 3.63) is 29.8 Å². The third kappa shape index (κ3) is 5.34. The van der Waals surface area contributed by atoms with E-state index in [4.69, 9.17) is 0 Å². The lowest BCUT2D eigenvalue weighted by Crippen LogP contribution is -2.52. The van der Waals surface area contributed by atoms with Crippen LogP contribution < -0.4 is 10.6 Å². The highest BCUT2D eigenvalue weighted by Crippen LogP contribution is 2.40. The zero-order valence-corrected chi connectivity index (χ0v) is 17.5. The van der Waals surface area contributed by atoms with Crippen molar-refractivity contribution in [2.24, 2.45) is 11.8 Å². The number of carboxylic acid groups (broad SMARTS) is 2. The summed E-state index contributed by atoms with van der Waals surface area (Å²) in [6.45, 7) is 1.48. The number of carbonyl (C=O) groups excluding carboxylic acids is 2. The molecule has 3 rings (SSSR count). The van der Waals surface area contributed by atoms with Crippen molar-refractivity contribution in [1.29, 1.82) is 0 Å². The van der Waals surface area contributed by atoms with E-state index in [-0.39, 0.29) is 12.3 Å². The predicted molar refractivity (Wildman–Crippen MR) is 113 cm³/mol. The zero-order chi connectivity index (χ0) is 22.5. The van der Waals surface area contributed by atoms with Gasteiger partial charge in [0.2, 0.25) is 5.91 Å². The largest absolute Gasteiger partial charge is 0.481 e. The molecule has 0 aromatic heterocycles. The molecule has 1 aromatic rings. The van der Waals surface area contributed by atoms with E-state index in [0.717, 1.165) is 37.7 Å². The van der Waals surface area contributed by atoms with E-state index in [0.29, 0.717) is 5.69 Å². The molecule has 1 saturated heterocycles. The maximum atomic E-state index is 13.0. The number of hydrogen-bond donors (Lipinski definition) is 4. The molecule has 9 heteroatoms. The minimum Gasteiger partial charge on any atom is -0.481 e. The summed E-state index contributed by atoms with van der Waals surface area (Å²) in [4.78, 5) is 50.2. The molecule has 3 amide bonds. The second kappa shape index (κ2) is 9.80. The molecular formula is C22H29N3O6. The quantitative estimate of drug-likeness (QED) is 0.546. The van der Waals surface area contributed by atoms with Crippen LogP contribution in [0.2, 0.25) is 0 Å². The van der Waals surface area contributed by atoms with Gasteiger partial charge in [-0.05, 0) is 49.8 Å². The van der Waals surface area contributed by atoms with Crippen LogP contribution in [-0.4, -0.2) is 57.6 Å². The number of nitrogens with one attached hydrogen (secondary N) is 2. The van der Waals surface area contributed by atoms with Crippen molar-refractivity contribution >= 4 is 29.6 Å². The Balaban J connectivity index is 1.72. The molecule has 1 aliphatic carbocycles. The van der Waals surface area contributed by atoms with Crippen LogP contribution in [0.1, 0.15) is 44.1 Å². The standard InChI is InChI=1S/C22H29N3O6/c1-13-6-5-9-15(10-13)24-22(31)23-12-18(26)25-17(21(29)30)11-16(20(27)28)19(25)14-7-3-2-4-8-14/h5-6,9-10,14,16-17,19H,2-4,7-8,11-12H2,1H3,(H,27,28)(H,29,30)(H2,23,24,31). The summed E-state index contributed by atoms with van der Waals surface area (Å²) < 4.78 is 0. The molecule has 3 unspecified atom stereocenters. The van der Waals surface area contributed by atoms with E-state index in [1.54, 1.807) is 18.2 Å². The highest BCUT2D eigenvalue weighted by atomic mass is 16.4. The fourth-order valence-corrected chi connectivity index (χ4v) is 4.88. The molecule has 1 saturated carbocycles. The van der Waals surface area contributed by atoms with Crippen LogP contribution in [0.15, 0.2) is 24.3 Å². The Labute approximate surface area is 180 Å². The fraction of sp³-hybridized carbons (Fsp3) is 0.545. The molecule has 31 heavy (non-hydrogen) atoms. The van der Waals surface area contributed by atoms with Gasteiger partial charge in [0.05, 0.1) is 12.5 Å². The van der Waals surface area contributed by atoms with Crippen molar-refractivity contribution in [1.82, 2.24) is 10.2 Å². The Morgan fingerprint density at radius 1 is 1.06 bits per heavy atom. The predicted octanol–water partition coefficient (Wildman–Crippen LogP) is 2.45. The van der Waals surface area contributed by atoms with Crippen LogP contribution in [0, 0.1) is 18.8 Å². The van der Waals surface area contributed by atoms with Crippen molar-refractivity contribution in [2.45, 2.75) is 57.5 Å². The monoisotopic (exact) mass is 431 g/mol. The van der Waals surface area contributed by atoms with Crippen LogP contribution in [0.3, 0.4) is 0 Å². The number of carboxylic acids is 2. The molecule has 1 aliphatic heterocycles. The highest BCUT2D eigenvalue weighted by Gasteiger charge is 2.52.